The Bertz CT molecular complexity index is 97.4. The molecule has 0 aliphatic heterocycles. The summed E-state index contributed by atoms with van der Waals surface area (Å²) in [6, 6.07) is 2.15. The van der Waals surface area contributed by atoms with Gasteiger partial charge in [-0.2, -0.15) is 5.26 Å². The molecule has 0 aromatic rings. The summed E-state index contributed by atoms with van der Waals surface area (Å²) in [5.41, 5.74) is 0. The molecule has 0 unspecified atom stereocenters. The lowest BCUT2D eigenvalue weighted by Crippen LogP contribution is -1.74. The molecule has 1 aliphatic rings. The zero-order chi connectivity index (χ0) is 5.82. The predicted molar refractivity (Wildman–Crippen MR) is 32.2 cm³/mol. The van der Waals surface area contributed by atoms with Crippen molar-refractivity contribution in [2.24, 2.45) is 5.92 Å². The summed E-state index contributed by atoms with van der Waals surface area (Å²) >= 11 is 0. The molecular formula is C7H11N. The molecule has 1 saturated carbocycles. The summed E-state index contributed by atoms with van der Waals surface area (Å²) in [6.07, 6.45) is 6.03. The van der Waals surface area contributed by atoms with Crippen LogP contribution in [0.5, 0.6) is 0 Å². The van der Waals surface area contributed by atoms with Gasteiger partial charge in [0.05, 0.1) is 6.07 Å². The van der Waals surface area contributed by atoms with Crippen molar-refractivity contribution in [3.8, 4) is 6.07 Å². The molecule has 1 aliphatic carbocycles. The predicted octanol–water partition coefficient (Wildman–Crippen LogP) is 2.09. The molecule has 0 amide bonds. The highest BCUT2D eigenvalue weighted by molar-refractivity contribution is 4.76. The van der Waals surface area contributed by atoms with Crippen LogP contribution in [0, 0.1) is 17.2 Å². The first kappa shape index (κ1) is 5.62. The number of nitriles is 1. The standard InChI is InChI=1S/C7H11N/c8-6-2-1-3-7-4-5-7/h7H,1-5H2. The van der Waals surface area contributed by atoms with E-state index in [-0.39, 0.29) is 0 Å². The Morgan fingerprint density at radius 1 is 1.50 bits per heavy atom. The molecule has 8 heavy (non-hydrogen) atoms. The molecule has 0 saturated heterocycles. The Morgan fingerprint density at radius 2 is 2.25 bits per heavy atom. The molecule has 0 aromatic heterocycles. The minimum absolute atomic E-state index is 0.760. The summed E-state index contributed by atoms with van der Waals surface area (Å²) in [6.45, 7) is 0. The van der Waals surface area contributed by atoms with Crippen LogP contribution in [0.15, 0.2) is 0 Å². The van der Waals surface area contributed by atoms with Gasteiger partial charge in [0.2, 0.25) is 0 Å². The van der Waals surface area contributed by atoms with Crippen LogP contribution in [0.25, 0.3) is 0 Å². The maximum atomic E-state index is 8.15. The molecule has 44 valence electrons. The van der Waals surface area contributed by atoms with Gasteiger partial charge in [-0.1, -0.05) is 12.8 Å². The normalized spacial score (nSPS) is 17.9. The van der Waals surface area contributed by atoms with E-state index < -0.39 is 0 Å². The average Bonchev–Trinajstić information content (AvgIpc) is 2.51. The lowest BCUT2D eigenvalue weighted by Gasteiger charge is -1.87. The monoisotopic (exact) mass is 109 g/mol. The SMILES string of the molecule is N#CCCCC1CC1. The maximum absolute atomic E-state index is 8.15. The zero-order valence-electron chi connectivity index (χ0n) is 5.06. The highest BCUT2D eigenvalue weighted by atomic mass is 14.3. The van der Waals surface area contributed by atoms with Gasteiger partial charge in [-0.05, 0) is 18.8 Å². The van der Waals surface area contributed by atoms with Gasteiger partial charge in [0, 0.05) is 6.42 Å². The van der Waals surface area contributed by atoms with E-state index in [0.717, 1.165) is 18.8 Å². The van der Waals surface area contributed by atoms with Crippen molar-refractivity contribution in [2.45, 2.75) is 32.1 Å². The van der Waals surface area contributed by atoms with Crippen LogP contribution in [0.2, 0.25) is 0 Å². The number of rotatable bonds is 3. The van der Waals surface area contributed by atoms with Gasteiger partial charge in [-0.3, -0.25) is 0 Å². The summed E-state index contributed by atoms with van der Waals surface area (Å²) in [4.78, 5) is 0. The first-order valence-electron chi connectivity index (χ1n) is 3.30. The van der Waals surface area contributed by atoms with Gasteiger partial charge in [0.25, 0.3) is 0 Å². The fraction of sp³-hybridized carbons (Fsp3) is 0.857. The molecule has 1 rings (SSSR count). The molecule has 1 nitrogen and oxygen atoms in total. The average molecular weight is 109 g/mol. The molecule has 0 atom stereocenters. The van der Waals surface area contributed by atoms with Gasteiger partial charge in [-0.25, -0.2) is 0 Å². The van der Waals surface area contributed by atoms with Crippen molar-refractivity contribution in [2.75, 3.05) is 0 Å². The van der Waals surface area contributed by atoms with Gasteiger partial charge < -0.3 is 0 Å². The topological polar surface area (TPSA) is 23.8 Å². The van der Waals surface area contributed by atoms with E-state index in [0.29, 0.717) is 0 Å². The molecule has 0 spiro atoms. The lowest BCUT2D eigenvalue weighted by atomic mass is 10.2. The molecule has 0 radical (unpaired) electrons. The van der Waals surface area contributed by atoms with E-state index in [1.807, 2.05) is 0 Å². The van der Waals surface area contributed by atoms with Crippen LogP contribution >= 0.6 is 0 Å². The zero-order valence-corrected chi connectivity index (χ0v) is 5.06. The number of hydrogen-bond acceptors (Lipinski definition) is 1. The van der Waals surface area contributed by atoms with Crippen LogP contribution in [0.1, 0.15) is 32.1 Å². The van der Waals surface area contributed by atoms with Crippen molar-refractivity contribution >= 4 is 0 Å². The Balaban J connectivity index is 1.83. The van der Waals surface area contributed by atoms with E-state index in [1.165, 1.54) is 19.3 Å². The number of hydrogen-bond donors (Lipinski definition) is 0. The number of unbranched alkanes of at least 4 members (excludes halogenated alkanes) is 1. The third-order valence-corrected chi connectivity index (χ3v) is 1.60. The van der Waals surface area contributed by atoms with Crippen LogP contribution in [0.4, 0.5) is 0 Å². The van der Waals surface area contributed by atoms with Gasteiger partial charge >= 0.3 is 0 Å². The Hall–Kier alpha value is -0.510. The third kappa shape index (κ3) is 1.97. The fourth-order valence-electron chi connectivity index (χ4n) is 0.876. The quantitative estimate of drug-likeness (QED) is 0.509. The van der Waals surface area contributed by atoms with Gasteiger partial charge in [0.15, 0.2) is 0 Å². The summed E-state index contributed by atoms with van der Waals surface area (Å²) < 4.78 is 0. The van der Waals surface area contributed by atoms with E-state index in [2.05, 4.69) is 6.07 Å². The van der Waals surface area contributed by atoms with Crippen LogP contribution in [-0.4, -0.2) is 0 Å². The number of nitrogens with zero attached hydrogens (tertiary/aromatic N) is 1. The van der Waals surface area contributed by atoms with E-state index in [9.17, 15) is 0 Å². The molecule has 0 aromatic carbocycles. The minimum Gasteiger partial charge on any atom is -0.198 e. The van der Waals surface area contributed by atoms with E-state index in [1.54, 1.807) is 0 Å². The molecule has 0 bridgehead atoms. The summed E-state index contributed by atoms with van der Waals surface area (Å²) in [5.74, 6) is 1.00. The first-order valence-corrected chi connectivity index (χ1v) is 3.30. The second-order valence-electron chi connectivity index (χ2n) is 2.49. The fourth-order valence-corrected chi connectivity index (χ4v) is 0.876. The molecule has 0 N–H and O–H groups in total. The highest BCUT2D eigenvalue weighted by Gasteiger charge is 2.19. The van der Waals surface area contributed by atoms with Gasteiger partial charge in [0.1, 0.15) is 0 Å². The molecule has 1 fully saturated rings. The minimum atomic E-state index is 0.760. The van der Waals surface area contributed by atoms with E-state index in [4.69, 9.17) is 5.26 Å². The maximum Gasteiger partial charge on any atom is 0.0621 e. The van der Waals surface area contributed by atoms with Crippen LogP contribution in [0.3, 0.4) is 0 Å². The van der Waals surface area contributed by atoms with Crippen molar-refractivity contribution in [1.29, 1.82) is 5.26 Å². The van der Waals surface area contributed by atoms with Crippen molar-refractivity contribution in [1.82, 2.24) is 0 Å². The van der Waals surface area contributed by atoms with Crippen molar-refractivity contribution < 1.29 is 0 Å². The van der Waals surface area contributed by atoms with Gasteiger partial charge in [-0.15, -0.1) is 0 Å². The molecule has 1 heteroatoms. The first-order chi connectivity index (χ1) is 3.93. The molecular weight excluding hydrogens is 98.1 g/mol. The van der Waals surface area contributed by atoms with Crippen LogP contribution < -0.4 is 0 Å². The van der Waals surface area contributed by atoms with E-state index >= 15 is 0 Å². The summed E-state index contributed by atoms with van der Waals surface area (Å²) in [7, 11) is 0. The third-order valence-electron chi connectivity index (χ3n) is 1.60. The van der Waals surface area contributed by atoms with Crippen molar-refractivity contribution in [3.63, 3.8) is 0 Å². The lowest BCUT2D eigenvalue weighted by molar-refractivity contribution is 0.679. The highest BCUT2D eigenvalue weighted by Crippen LogP contribution is 2.33. The van der Waals surface area contributed by atoms with Crippen molar-refractivity contribution in [3.05, 3.63) is 0 Å². The second-order valence-corrected chi connectivity index (χ2v) is 2.49. The summed E-state index contributed by atoms with van der Waals surface area (Å²) in [5, 5.41) is 8.15. The largest absolute Gasteiger partial charge is 0.198 e. The van der Waals surface area contributed by atoms with Crippen LogP contribution in [-0.2, 0) is 0 Å². The smallest absolute Gasteiger partial charge is 0.0621 e. The Labute approximate surface area is 50.3 Å². The second kappa shape index (κ2) is 2.71. The Morgan fingerprint density at radius 3 is 2.75 bits per heavy atom. The Kier molecular flexibility index (Phi) is 1.91. The molecule has 0 heterocycles.